The molecule has 0 saturated heterocycles. The molecule has 7 heteroatoms. The van der Waals surface area contributed by atoms with Gasteiger partial charge in [0.1, 0.15) is 11.3 Å². The third-order valence-corrected chi connectivity index (χ3v) is 4.47. The predicted molar refractivity (Wildman–Crippen MR) is 101 cm³/mol. The van der Waals surface area contributed by atoms with Crippen LogP contribution < -0.4 is 10.5 Å². The molecule has 0 spiro atoms. The van der Waals surface area contributed by atoms with E-state index >= 15 is 0 Å². The SMILES string of the molecule is COC(=O)c1ccccc1N(C)C(=O)c1c(O)c2ccccc2n(C)c1=O. The largest absolute Gasteiger partial charge is 0.506 e. The Morgan fingerprint density at radius 1 is 1.07 bits per heavy atom. The smallest absolute Gasteiger partial charge is 0.339 e. The van der Waals surface area contributed by atoms with Gasteiger partial charge in [-0.3, -0.25) is 9.59 Å². The molecule has 0 atom stereocenters. The van der Waals surface area contributed by atoms with E-state index in [0.29, 0.717) is 10.9 Å². The number of rotatable bonds is 3. The predicted octanol–water partition coefficient (Wildman–Crippen LogP) is 2.31. The summed E-state index contributed by atoms with van der Waals surface area (Å²) in [5, 5.41) is 11.0. The van der Waals surface area contributed by atoms with Gasteiger partial charge in [0.25, 0.3) is 11.5 Å². The summed E-state index contributed by atoms with van der Waals surface area (Å²) < 4.78 is 6.05. The second-order valence-corrected chi connectivity index (χ2v) is 5.98. The lowest BCUT2D eigenvalue weighted by Crippen LogP contribution is -2.34. The number of carbonyl (C=O) groups excluding carboxylic acids is 2. The molecule has 3 rings (SSSR count). The number of carbonyl (C=O) groups is 2. The van der Waals surface area contributed by atoms with Crippen molar-refractivity contribution in [3.63, 3.8) is 0 Å². The highest BCUT2D eigenvalue weighted by molar-refractivity contribution is 6.12. The molecule has 1 amide bonds. The number of aryl methyl sites for hydroxylation is 1. The second kappa shape index (κ2) is 6.95. The minimum atomic E-state index is -0.727. The number of pyridine rings is 1. The molecule has 0 aliphatic rings. The number of hydrogen-bond acceptors (Lipinski definition) is 5. The number of esters is 1. The molecule has 27 heavy (non-hydrogen) atoms. The average Bonchev–Trinajstić information content (AvgIpc) is 2.71. The van der Waals surface area contributed by atoms with Gasteiger partial charge >= 0.3 is 5.97 Å². The Bertz CT molecular complexity index is 1120. The zero-order valence-electron chi connectivity index (χ0n) is 15.1. The molecule has 1 aromatic heterocycles. The molecule has 0 unspecified atom stereocenters. The van der Waals surface area contributed by atoms with Gasteiger partial charge in [-0.05, 0) is 24.3 Å². The standard InChI is InChI=1S/C20H18N2O5/c1-21-14-10-6-4-8-12(14)17(23)16(18(21)24)19(25)22(2)15-11-7-5-9-13(15)20(26)27-3/h4-11,23H,1-3H3. The fourth-order valence-electron chi connectivity index (χ4n) is 3.00. The summed E-state index contributed by atoms with van der Waals surface area (Å²) >= 11 is 0. The Kier molecular flexibility index (Phi) is 4.68. The molecule has 0 aliphatic heterocycles. The third-order valence-electron chi connectivity index (χ3n) is 4.47. The van der Waals surface area contributed by atoms with Crippen molar-refractivity contribution < 1.29 is 19.4 Å². The Morgan fingerprint density at radius 3 is 2.41 bits per heavy atom. The van der Waals surface area contributed by atoms with Gasteiger partial charge in [0, 0.05) is 19.5 Å². The Morgan fingerprint density at radius 2 is 1.70 bits per heavy atom. The van der Waals surface area contributed by atoms with Crippen molar-refractivity contribution in [3.05, 3.63) is 70.0 Å². The van der Waals surface area contributed by atoms with Crippen LogP contribution in [0, 0.1) is 0 Å². The Balaban J connectivity index is 2.18. The number of methoxy groups -OCH3 is 1. The van der Waals surface area contributed by atoms with Gasteiger partial charge < -0.3 is 19.3 Å². The van der Waals surface area contributed by atoms with Crippen LogP contribution in [0.3, 0.4) is 0 Å². The molecule has 0 radical (unpaired) electrons. The lowest BCUT2D eigenvalue weighted by Gasteiger charge is -2.21. The molecule has 3 aromatic rings. The van der Waals surface area contributed by atoms with Crippen molar-refractivity contribution in [1.29, 1.82) is 0 Å². The molecule has 2 aromatic carbocycles. The van der Waals surface area contributed by atoms with Gasteiger partial charge in [-0.25, -0.2) is 4.79 Å². The zero-order chi connectivity index (χ0) is 19.7. The van der Waals surface area contributed by atoms with Crippen LogP contribution in [0.4, 0.5) is 5.69 Å². The number of anilines is 1. The molecule has 1 N–H and O–H groups in total. The van der Waals surface area contributed by atoms with Gasteiger partial charge in [0.2, 0.25) is 0 Å². The third kappa shape index (κ3) is 2.93. The first kappa shape index (κ1) is 18.2. The van der Waals surface area contributed by atoms with Crippen molar-refractivity contribution in [2.75, 3.05) is 19.1 Å². The summed E-state index contributed by atoms with van der Waals surface area (Å²) in [4.78, 5) is 38.9. The molecule has 0 aliphatic carbocycles. The average molecular weight is 366 g/mol. The highest BCUT2D eigenvalue weighted by Crippen LogP contribution is 2.28. The molecule has 1 heterocycles. The van der Waals surface area contributed by atoms with Gasteiger partial charge in [-0.1, -0.05) is 24.3 Å². The van der Waals surface area contributed by atoms with Crippen LogP contribution in [-0.2, 0) is 11.8 Å². The van der Waals surface area contributed by atoms with E-state index in [0.717, 1.165) is 4.90 Å². The lowest BCUT2D eigenvalue weighted by molar-refractivity contribution is 0.0601. The highest BCUT2D eigenvalue weighted by atomic mass is 16.5. The van der Waals surface area contributed by atoms with Crippen LogP contribution in [0.2, 0.25) is 0 Å². The molecular weight excluding hydrogens is 348 g/mol. The topological polar surface area (TPSA) is 88.8 Å². The molecular formula is C20H18N2O5. The van der Waals surface area contributed by atoms with Gasteiger partial charge in [0.15, 0.2) is 0 Å². The Labute approximate surface area is 155 Å². The quantitative estimate of drug-likeness (QED) is 0.719. The molecule has 0 saturated carbocycles. The van der Waals surface area contributed by atoms with E-state index < -0.39 is 17.4 Å². The first-order chi connectivity index (χ1) is 12.9. The lowest BCUT2D eigenvalue weighted by atomic mass is 10.1. The van der Waals surface area contributed by atoms with Crippen LogP contribution in [-0.4, -0.2) is 35.7 Å². The van der Waals surface area contributed by atoms with E-state index in [-0.39, 0.29) is 22.6 Å². The number of fused-ring (bicyclic) bond motifs is 1. The molecule has 7 nitrogen and oxygen atoms in total. The summed E-state index contributed by atoms with van der Waals surface area (Å²) in [5.41, 5.74) is -0.0388. The minimum Gasteiger partial charge on any atom is -0.506 e. The number of hydrogen-bond donors (Lipinski definition) is 1. The maximum Gasteiger partial charge on any atom is 0.339 e. The number of nitrogens with zero attached hydrogens (tertiary/aromatic N) is 2. The maximum atomic E-state index is 13.0. The van der Waals surface area contributed by atoms with E-state index in [9.17, 15) is 19.5 Å². The summed E-state index contributed by atoms with van der Waals surface area (Å²) in [6.07, 6.45) is 0. The fraction of sp³-hybridized carbons (Fsp3) is 0.150. The van der Waals surface area contributed by atoms with Crippen LogP contribution in [0.5, 0.6) is 5.75 Å². The van der Waals surface area contributed by atoms with Crippen molar-refractivity contribution in [2.45, 2.75) is 0 Å². The number of para-hydroxylation sites is 2. The summed E-state index contributed by atoms with van der Waals surface area (Å²) in [6.45, 7) is 0. The highest BCUT2D eigenvalue weighted by Gasteiger charge is 2.26. The van der Waals surface area contributed by atoms with Crippen LogP contribution in [0.1, 0.15) is 20.7 Å². The monoisotopic (exact) mass is 366 g/mol. The minimum absolute atomic E-state index is 0.174. The van der Waals surface area contributed by atoms with Gasteiger partial charge in [-0.15, -0.1) is 0 Å². The van der Waals surface area contributed by atoms with E-state index in [2.05, 4.69) is 0 Å². The van der Waals surface area contributed by atoms with Gasteiger partial charge in [0.05, 0.1) is 23.9 Å². The normalized spacial score (nSPS) is 10.6. The second-order valence-electron chi connectivity index (χ2n) is 5.98. The zero-order valence-corrected chi connectivity index (χ0v) is 15.1. The van der Waals surface area contributed by atoms with E-state index in [1.165, 1.54) is 31.8 Å². The van der Waals surface area contributed by atoms with E-state index in [1.807, 2.05) is 0 Å². The summed E-state index contributed by atoms with van der Waals surface area (Å²) in [7, 11) is 4.20. The van der Waals surface area contributed by atoms with Crippen LogP contribution in [0.25, 0.3) is 10.9 Å². The number of aromatic nitrogens is 1. The number of aromatic hydroxyl groups is 1. The van der Waals surface area contributed by atoms with Crippen molar-refractivity contribution >= 4 is 28.5 Å². The maximum absolute atomic E-state index is 13.0. The molecule has 138 valence electrons. The number of amides is 1. The van der Waals surface area contributed by atoms with Crippen molar-refractivity contribution in [1.82, 2.24) is 4.57 Å². The summed E-state index contributed by atoms with van der Waals surface area (Å²) in [5.74, 6) is -1.72. The first-order valence-corrected chi connectivity index (χ1v) is 8.14. The molecule has 0 bridgehead atoms. The summed E-state index contributed by atoms with van der Waals surface area (Å²) in [6, 6.07) is 13.1. The van der Waals surface area contributed by atoms with E-state index in [4.69, 9.17) is 4.74 Å². The molecule has 0 fully saturated rings. The number of ether oxygens (including phenoxy) is 1. The van der Waals surface area contributed by atoms with Crippen molar-refractivity contribution in [3.8, 4) is 5.75 Å². The fourth-order valence-corrected chi connectivity index (χ4v) is 3.00. The van der Waals surface area contributed by atoms with Crippen LogP contribution in [0.15, 0.2) is 53.3 Å². The number of benzene rings is 2. The Hall–Kier alpha value is -3.61. The van der Waals surface area contributed by atoms with Crippen molar-refractivity contribution in [2.24, 2.45) is 7.05 Å². The first-order valence-electron chi connectivity index (χ1n) is 8.14. The van der Waals surface area contributed by atoms with E-state index in [1.54, 1.807) is 42.5 Å². The van der Waals surface area contributed by atoms with Gasteiger partial charge in [-0.2, -0.15) is 0 Å². The van der Waals surface area contributed by atoms with Crippen LogP contribution >= 0.6 is 0 Å².